The molecule has 17 heavy (non-hydrogen) atoms. The number of rotatable bonds is 8. The molecule has 0 aromatic rings. The summed E-state index contributed by atoms with van der Waals surface area (Å²) in [5.74, 6) is 0.426. The Labute approximate surface area is 110 Å². The first-order valence-corrected chi connectivity index (χ1v) is 7.70. The van der Waals surface area contributed by atoms with E-state index in [2.05, 4.69) is 25.4 Å². The van der Waals surface area contributed by atoms with Gasteiger partial charge in [0.1, 0.15) is 0 Å². The van der Waals surface area contributed by atoms with Gasteiger partial charge >= 0.3 is 0 Å². The van der Waals surface area contributed by atoms with Crippen LogP contribution in [0.4, 0.5) is 0 Å². The van der Waals surface area contributed by atoms with Gasteiger partial charge in [-0.15, -0.1) is 0 Å². The van der Waals surface area contributed by atoms with E-state index >= 15 is 0 Å². The number of thioether (sulfide) groups is 1. The summed E-state index contributed by atoms with van der Waals surface area (Å²) in [6, 6.07) is -0.0399. The molecular weight excluding hydrogens is 232 g/mol. The summed E-state index contributed by atoms with van der Waals surface area (Å²) in [5.41, 5.74) is 5.89. The van der Waals surface area contributed by atoms with E-state index in [1.54, 1.807) is 0 Å². The molecule has 1 amide bonds. The maximum atomic E-state index is 11.8. The topological polar surface area (TPSA) is 55.1 Å². The molecule has 0 saturated heterocycles. The summed E-state index contributed by atoms with van der Waals surface area (Å²) in [4.78, 5) is 11.8. The maximum absolute atomic E-state index is 11.8. The normalized spacial score (nSPS) is 13.8. The summed E-state index contributed by atoms with van der Waals surface area (Å²) >= 11 is 1.84. The third-order valence-corrected chi connectivity index (χ3v) is 5.19. The van der Waals surface area contributed by atoms with Crippen LogP contribution in [0.5, 0.6) is 0 Å². The van der Waals surface area contributed by atoms with Crippen LogP contribution < -0.4 is 11.1 Å². The van der Waals surface area contributed by atoms with E-state index in [1.807, 2.05) is 25.6 Å². The van der Waals surface area contributed by atoms with Gasteiger partial charge in [0, 0.05) is 23.8 Å². The summed E-state index contributed by atoms with van der Waals surface area (Å²) in [6.07, 6.45) is 4.68. The average molecular weight is 260 g/mol. The molecular formula is C13H28N2OS. The second kappa shape index (κ2) is 7.98. The zero-order chi connectivity index (χ0) is 13.5. The number of carbonyl (C=O) groups is 1. The minimum Gasteiger partial charge on any atom is -0.355 e. The largest absolute Gasteiger partial charge is 0.355 e. The molecule has 4 heteroatoms. The monoisotopic (exact) mass is 260 g/mol. The number of hydrogen-bond donors (Lipinski definition) is 2. The van der Waals surface area contributed by atoms with Gasteiger partial charge < -0.3 is 11.1 Å². The fourth-order valence-corrected chi connectivity index (χ4v) is 2.44. The minimum atomic E-state index is -0.0399. The van der Waals surface area contributed by atoms with Gasteiger partial charge in [0.2, 0.25) is 5.91 Å². The Kier molecular flexibility index (Phi) is 7.88. The van der Waals surface area contributed by atoms with Gasteiger partial charge in [0.05, 0.1) is 0 Å². The average Bonchev–Trinajstić information content (AvgIpc) is 2.31. The lowest BCUT2D eigenvalue weighted by Crippen LogP contribution is -2.42. The molecule has 0 saturated carbocycles. The second-order valence-electron chi connectivity index (χ2n) is 4.98. The van der Waals surface area contributed by atoms with Gasteiger partial charge in [-0.1, -0.05) is 27.7 Å². The molecule has 0 spiro atoms. The fraction of sp³-hybridized carbons (Fsp3) is 0.923. The Morgan fingerprint density at radius 2 is 1.88 bits per heavy atom. The van der Waals surface area contributed by atoms with Crippen LogP contribution in [-0.4, -0.2) is 29.5 Å². The van der Waals surface area contributed by atoms with E-state index in [1.165, 1.54) is 0 Å². The molecule has 1 unspecified atom stereocenters. The highest BCUT2D eigenvalue weighted by atomic mass is 32.2. The van der Waals surface area contributed by atoms with Crippen molar-refractivity contribution < 1.29 is 4.79 Å². The van der Waals surface area contributed by atoms with Gasteiger partial charge in [0.25, 0.3) is 0 Å². The van der Waals surface area contributed by atoms with Gasteiger partial charge in [0.15, 0.2) is 0 Å². The highest BCUT2D eigenvalue weighted by Gasteiger charge is 2.25. The van der Waals surface area contributed by atoms with Gasteiger partial charge in [-0.3, -0.25) is 4.79 Å². The Morgan fingerprint density at radius 3 is 2.24 bits per heavy atom. The molecule has 0 bridgehead atoms. The third-order valence-electron chi connectivity index (χ3n) is 3.61. The Hall–Kier alpha value is -0.220. The molecule has 1 atom stereocenters. The Bertz CT molecular complexity index is 219. The lowest BCUT2D eigenvalue weighted by molar-refractivity contribution is -0.121. The van der Waals surface area contributed by atoms with Crippen LogP contribution in [0, 0.1) is 5.92 Å². The molecule has 0 heterocycles. The van der Waals surface area contributed by atoms with E-state index in [-0.39, 0.29) is 16.7 Å². The second-order valence-corrected chi connectivity index (χ2v) is 6.26. The predicted molar refractivity (Wildman–Crippen MR) is 77.3 cm³/mol. The summed E-state index contributed by atoms with van der Waals surface area (Å²) < 4.78 is 0.178. The molecule has 3 nitrogen and oxygen atoms in total. The van der Waals surface area contributed by atoms with Gasteiger partial charge in [-0.2, -0.15) is 11.8 Å². The maximum Gasteiger partial charge on any atom is 0.221 e. The third kappa shape index (κ3) is 5.77. The number of carbonyl (C=O) groups excluding carboxylic acids is 1. The summed E-state index contributed by atoms with van der Waals surface area (Å²) in [6.45, 7) is 9.17. The predicted octanol–water partition coefficient (Wildman–Crippen LogP) is 2.40. The van der Waals surface area contributed by atoms with E-state index in [4.69, 9.17) is 5.73 Å². The van der Waals surface area contributed by atoms with Crippen molar-refractivity contribution in [2.45, 2.75) is 57.7 Å². The highest BCUT2D eigenvalue weighted by molar-refractivity contribution is 8.00. The van der Waals surface area contributed by atoms with Crippen molar-refractivity contribution in [2.24, 2.45) is 11.7 Å². The van der Waals surface area contributed by atoms with Crippen molar-refractivity contribution in [3.05, 3.63) is 0 Å². The number of hydrogen-bond acceptors (Lipinski definition) is 3. The molecule has 0 radical (unpaired) electrons. The standard InChI is InChI=1S/C13H28N2OS/c1-6-13(7-2,17-5)9-15-12(16)8-11(14)10(3)4/h10-11H,6-9,14H2,1-5H3,(H,15,16). The van der Waals surface area contributed by atoms with Crippen LogP contribution in [0.2, 0.25) is 0 Å². The first kappa shape index (κ1) is 16.8. The van der Waals surface area contributed by atoms with Crippen LogP contribution in [0.15, 0.2) is 0 Å². The molecule has 0 fully saturated rings. The van der Waals surface area contributed by atoms with Crippen LogP contribution in [-0.2, 0) is 4.79 Å². The van der Waals surface area contributed by atoms with Crippen molar-refractivity contribution >= 4 is 17.7 Å². The van der Waals surface area contributed by atoms with E-state index in [9.17, 15) is 4.79 Å². The van der Waals surface area contributed by atoms with E-state index < -0.39 is 0 Å². The van der Waals surface area contributed by atoms with E-state index in [0.717, 1.165) is 19.4 Å². The van der Waals surface area contributed by atoms with Gasteiger partial charge in [-0.05, 0) is 25.0 Å². The van der Waals surface area contributed by atoms with Crippen LogP contribution in [0.3, 0.4) is 0 Å². The molecule has 0 aliphatic carbocycles. The van der Waals surface area contributed by atoms with Crippen molar-refractivity contribution in [1.82, 2.24) is 5.32 Å². The number of nitrogens with one attached hydrogen (secondary N) is 1. The van der Waals surface area contributed by atoms with Crippen molar-refractivity contribution in [3.63, 3.8) is 0 Å². The first-order chi connectivity index (χ1) is 7.90. The molecule has 0 aliphatic rings. The fourth-order valence-electron chi connectivity index (χ4n) is 1.64. The molecule has 0 aliphatic heterocycles. The van der Waals surface area contributed by atoms with Crippen LogP contribution in [0.25, 0.3) is 0 Å². The molecule has 3 N–H and O–H groups in total. The SMILES string of the molecule is CCC(CC)(CNC(=O)CC(N)C(C)C)SC. The van der Waals surface area contributed by atoms with Crippen molar-refractivity contribution in [1.29, 1.82) is 0 Å². The minimum absolute atomic E-state index is 0.0399. The summed E-state index contributed by atoms with van der Waals surface area (Å²) in [5, 5.41) is 3.02. The molecule has 102 valence electrons. The van der Waals surface area contributed by atoms with Crippen molar-refractivity contribution in [2.75, 3.05) is 12.8 Å². The zero-order valence-electron chi connectivity index (χ0n) is 11.9. The zero-order valence-corrected chi connectivity index (χ0v) is 12.7. The van der Waals surface area contributed by atoms with E-state index in [0.29, 0.717) is 12.3 Å². The highest BCUT2D eigenvalue weighted by Crippen LogP contribution is 2.29. The van der Waals surface area contributed by atoms with Crippen molar-refractivity contribution in [3.8, 4) is 0 Å². The smallest absolute Gasteiger partial charge is 0.221 e. The number of amides is 1. The first-order valence-electron chi connectivity index (χ1n) is 6.48. The van der Waals surface area contributed by atoms with Crippen LogP contribution >= 0.6 is 11.8 Å². The quantitative estimate of drug-likeness (QED) is 0.704. The van der Waals surface area contributed by atoms with Crippen LogP contribution in [0.1, 0.15) is 47.0 Å². The molecule has 0 rings (SSSR count). The molecule has 0 aromatic carbocycles. The number of nitrogens with two attached hydrogens (primary N) is 1. The van der Waals surface area contributed by atoms with Gasteiger partial charge in [-0.25, -0.2) is 0 Å². The lowest BCUT2D eigenvalue weighted by Gasteiger charge is -2.30. The Balaban J connectivity index is 4.14. The Morgan fingerprint density at radius 1 is 1.35 bits per heavy atom. The summed E-state index contributed by atoms with van der Waals surface area (Å²) in [7, 11) is 0. The molecule has 0 aromatic heterocycles. The lowest BCUT2D eigenvalue weighted by atomic mass is 10.0.